The van der Waals surface area contributed by atoms with Crippen LogP contribution in [0.1, 0.15) is 47.2 Å². The lowest BCUT2D eigenvalue weighted by atomic mass is 9.91. The van der Waals surface area contributed by atoms with Crippen molar-refractivity contribution in [3.05, 3.63) is 58.0 Å². The molecule has 0 unspecified atom stereocenters. The van der Waals surface area contributed by atoms with Crippen LogP contribution in [0.4, 0.5) is 10.2 Å². The highest BCUT2D eigenvalue weighted by Gasteiger charge is 2.23. The lowest BCUT2D eigenvalue weighted by molar-refractivity contribution is 0.0926. The van der Waals surface area contributed by atoms with Gasteiger partial charge in [0.15, 0.2) is 0 Å². The number of aryl methyl sites for hydroxylation is 2. The van der Waals surface area contributed by atoms with Crippen LogP contribution in [0.25, 0.3) is 0 Å². The summed E-state index contributed by atoms with van der Waals surface area (Å²) in [7, 11) is 0. The predicted molar refractivity (Wildman–Crippen MR) is 102 cm³/mol. The fourth-order valence-corrected chi connectivity index (χ4v) is 3.38. The van der Waals surface area contributed by atoms with Gasteiger partial charge < -0.3 is 10.6 Å². The smallest absolute Gasteiger partial charge is 0.251 e. The quantitative estimate of drug-likeness (QED) is 0.818. The molecule has 3 rings (SSSR count). The van der Waals surface area contributed by atoms with E-state index in [1.807, 2.05) is 13.1 Å². The van der Waals surface area contributed by atoms with E-state index in [1.165, 1.54) is 29.3 Å². The van der Waals surface area contributed by atoms with Crippen molar-refractivity contribution in [3.8, 4) is 0 Å². The standard InChI is InChI=1S/C20H23ClFN3O/c1-12-9-19(23-11-13(12)2)24-15-4-6-16(7-5-15)25-20(26)14-3-8-18(22)17(21)10-14/h3,8-11,15-16H,4-7H2,1-2H3,(H,23,24)(H,25,26). The largest absolute Gasteiger partial charge is 0.367 e. The maximum Gasteiger partial charge on any atom is 0.251 e. The van der Waals surface area contributed by atoms with Gasteiger partial charge in [-0.25, -0.2) is 9.37 Å². The molecular weight excluding hydrogens is 353 g/mol. The maximum atomic E-state index is 13.2. The fraction of sp³-hybridized carbons (Fsp3) is 0.400. The summed E-state index contributed by atoms with van der Waals surface area (Å²) >= 11 is 5.75. The number of aromatic nitrogens is 1. The van der Waals surface area contributed by atoms with Gasteiger partial charge in [-0.1, -0.05) is 11.6 Å². The molecule has 0 aliphatic heterocycles. The molecule has 1 aliphatic carbocycles. The van der Waals surface area contributed by atoms with Gasteiger partial charge in [0.25, 0.3) is 5.91 Å². The minimum atomic E-state index is -0.519. The molecule has 0 saturated heterocycles. The van der Waals surface area contributed by atoms with E-state index in [-0.39, 0.29) is 17.0 Å². The van der Waals surface area contributed by atoms with Crippen LogP contribution < -0.4 is 10.6 Å². The number of carbonyl (C=O) groups excluding carboxylic acids is 1. The number of halogens is 2. The van der Waals surface area contributed by atoms with E-state index in [0.717, 1.165) is 31.5 Å². The van der Waals surface area contributed by atoms with Crippen LogP contribution in [0, 0.1) is 19.7 Å². The molecule has 2 N–H and O–H groups in total. The Kier molecular flexibility index (Phi) is 5.77. The molecule has 4 nitrogen and oxygen atoms in total. The normalized spacial score (nSPS) is 19.8. The van der Waals surface area contributed by atoms with E-state index in [0.29, 0.717) is 11.6 Å². The molecular formula is C20H23ClFN3O. The number of hydrogen-bond donors (Lipinski definition) is 2. The molecule has 1 aliphatic rings. The molecule has 1 amide bonds. The summed E-state index contributed by atoms with van der Waals surface area (Å²) in [5.74, 6) is 0.176. The third kappa shape index (κ3) is 4.52. The highest BCUT2D eigenvalue weighted by atomic mass is 35.5. The first-order valence-corrected chi connectivity index (χ1v) is 9.26. The first-order chi connectivity index (χ1) is 12.4. The molecule has 0 radical (unpaired) electrons. The molecule has 6 heteroatoms. The van der Waals surface area contributed by atoms with Crippen LogP contribution in [0.3, 0.4) is 0 Å². The van der Waals surface area contributed by atoms with Crippen molar-refractivity contribution in [1.82, 2.24) is 10.3 Å². The van der Waals surface area contributed by atoms with Gasteiger partial charge in [0.2, 0.25) is 0 Å². The molecule has 0 bridgehead atoms. The second kappa shape index (κ2) is 8.04. The summed E-state index contributed by atoms with van der Waals surface area (Å²) in [5, 5.41) is 6.47. The summed E-state index contributed by atoms with van der Waals surface area (Å²) in [5.41, 5.74) is 2.79. The Bertz CT molecular complexity index is 804. The van der Waals surface area contributed by atoms with Crippen molar-refractivity contribution in [1.29, 1.82) is 0 Å². The highest BCUT2D eigenvalue weighted by molar-refractivity contribution is 6.31. The maximum absolute atomic E-state index is 13.2. The van der Waals surface area contributed by atoms with Crippen molar-refractivity contribution < 1.29 is 9.18 Å². The summed E-state index contributed by atoms with van der Waals surface area (Å²) < 4.78 is 13.2. The number of nitrogens with one attached hydrogen (secondary N) is 2. The van der Waals surface area contributed by atoms with Gasteiger partial charge in [0.05, 0.1) is 5.02 Å². The van der Waals surface area contributed by atoms with Gasteiger partial charge in [0.1, 0.15) is 11.6 Å². The average Bonchev–Trinajstić information content (AvgIpc) is 2.62. The topological polar surface area (TPSA) is 54.0 Å². The van der Waals surface area contributed by atoms with Gasteiger partial charge >= 0.3 is 0 Å². The van der Waals surface area contributed by atoms with Gasteiger partial charge in [-0.05, 0) is 74.9 Å². The number of nitrogens with zero attached hydrogens (tertiary/aromatic N) is 1. The third-order valence-corrected chi connectivity index (χ3v) is 5.26. The Labute approximate surface area is 158 Å². The average molecular weight is 376 g/mol. The first-order valence-electron chi connectivity index (χ1n) is 8.88. The van der Waals surface area contributed by atoms with E-state index in [1.54, 1.807) is 0 Å². The van der Waals surface area contributed by atoms with Crippen molar-refractivity contribution in [3.63, 3.8) is 0 Å². The number of hydrogen-bond acceptors (Lipinski definition) is 3. The monoisotopic (exact) mass is 375 g/mol. The predicted octanol–water partition coefficient (Wildman–Crippen LogP) is 4.64. The Morgan fingerprint density at radius 2 is 1.81 bits per heavy atom. The zero-order valence-corrected chi connectivity index (χ0v) is 15.7. The number of benzene rings is 1. The molecule has 0 atom stereocenters. The zero-order chi connectivity index (χ0) is 18.7. The van der Waals surface area contributed by atoms with Crippen LogP contribution in [0.2, 0.25) is 5.02 Å². The van der Waals surface area contributed by atoms with Crippen LogP contribution >= 0.6 is 11.6 Å². The Balaban J connectivity index is 1.51. The van der Waals surface area contributed by atoms with Crippen molar-refractivity contribution >= 4 is 23.3 Å². The summed E-state index contributed by atoms with van der Waals surface area (Å²) in [6.07, 6.45) is 5.59. The third-order valence-electron chi connectivity index (χ3n) is 4.97. The SMILES string of the molecule is Cc1cnc(NC2CCC(NC(=O)c3ccc(F)c(Cl)c3)CC2)cc1C. The number of carbonyl (C=O) groups is 1. The lowest BCUT2D eigenvalue weighted by Crippen LogP contribution is -2.40. The molecule has 1 aromatic carbocycles. The number of amides is 1. The molecule has 138 valence electrons. The molecule has 0 spiro atoms. The van der Waals surface area contributed by atoms with Gasteiger partial charge in [-0.3, -0.25) is 4.79 Å². The Morgan fingerprint density at radius 1 is 1.12 bits per heavy atom. The molecule has 26 heavy (non-hydrogen) atoms. The summed E-state index contributed by atoms with van der Waals surface area (Å²) in [6.45, 7) is 4.13. The number of anilines is 1. The Hall–Kier alpha value is -2.14. The van der Waals surface area contributed by atoms with Crippen LogP contribution in [-0.4, -0.2) is 23.0 Å². The fourth-order valence-electron chi connectivity index (χ4n) is 3.20. The molecule has 1 saturated carbocycles. The van der Waals surface area contributed by atoms with Crippen LogP contribution in [0.15, 0.2) is 30.5 Å². The molecule has 2 aromatic rings. The van der Waals surface area contributed by atoms with E-state index in [9.17, 15) is 9.18 Å². The number of pyridine rings is 1. The van der Waals surface area contributed by atoms with Crippen molar-refractivity contribution in [2.75, 3.05) is 5.32 Å². The van der Waals surface area contributed by atoms with Crippen molar-refractivity contribution in [2.24, 2.45) is 0 Å². The van der Waals surface area contributed by atoms with Crippen LogP contribution in [-0.2, 0) is 0 Å². The minimum Gasteiger partial charge on any atom is -0.367 e. The van der Waals surface area contributed by atoms with Crippen LogP contribution in [0.5, 0.6) is 0 Å². The molecule has 1 aromatic heterocycles. The van der Waals surface area contributed by atoms with E-state index >= 15 is 0 Å². The minimum absolute atomic E-state index is 0.0357. The van der Waals surface area contributed by atoms with Gasteiger partial charge in [-0.15, -0.1) is 0 Å². The second-order valence-electron chi connectivity index (χ2n) is 6.95. The lowest BCUT2D eigenvalue weighted by Gasteiger charge is -2.30. The molecule has 1 heterocycles. The summed E-state index contributed by atoms with van der Waals surface area (Å²) in [4.78, 5) is 16.7. The zero-order valence-electron chi connectivity index (χ0n) is 15.0. The Morgan fingerprint density at radius 3 is 2.46 bits per heavy atom. The van der Waals surface area contributed by atoms with Gasteiger partial charge in [0, 0.05) is 23.8 Å². The second-order valence-corrected chi connectivity index (χ2v) is 7.36. The first kappa shape index (κ1) is 18.6. The highest BCUT2D eigenvalue weighted by Crippen LogP contribution is 2.23. The summed E-state index contributed by atoms with van der Waals surface area (Å²) in [6, 6.07) is 6.59. The van der Waals surface area contributed by atoms with E-state index in [4.69, 9.17) is 11.6 Å². The van der Waals surface area contributed by atoms with E-state index in [2.05, 4.69) is 28.6 Å². The molecule has 1 fully saturated rings. The van der Waals surface area contributed by atoms with Gasteiger partial charge in [-0.2, -0.15) is 0 Å². The number of rotatable bonds is 4. The van der Waals surface area contributed by atoms with E-state index < -0.39 is 5.82 Å². The van der Waals surface area contributed by atoms with Crippen molar-refractivity contribution in [2.45, 2.75) is 51.6 Å².